The molecule has 0 fully saturated rings. The van der Waals surface area contributed by atoms with Gasteiger partial charge in [-0.3, -0.25) is 0 Å². The van der Waals surface area contributed by atoms with Crippen LogP contribution in [0.25, 0.3) is 0 Å². The third-order valence-corrected chi connectivity index (χ3v) is 5.41. The summed E-state index contributed by atoms with van der Waals surface area (Å²) >= 11 is 7.49. The highest BCUT2D eigenvalue weighted by molar-refractivity contribution is 8.13. The number of hydrogen-bond acceptors (Lipinski definition) is 5. The van der Waals surface area contributed by atoms with Crippen LogP contribution < -0.4 is 15.2 Å². The van der Waals surface area contributed by atoms with Crippen molar-refractivity contribution in [3.63, 3.8) is 0 Å². The van der Waals surface area contributed by atoms with E-state index in [0.29, 0.717) is 33.5 Å². The normalized spacial score (nSPS) is 11.6. The summed E-state index contributed by atoms with van der Waals surface area (Å²) in [6, 6.07) is 19.5. The second kappa shape index (κ2) is 11.4. The summed E-state index contributed by atoms with van der Waals surface area (Å²) in [5.41, 5.74) is 8.40. The number of hydrogen-bond donors (Lipinski definition) is 1. The largest absolute Gasteiger partial charge is 0.493 e. The van der Waals surface area contributed by atoms with Crippen LogP contribution in [0.15, 0.2) is 76.9 Å². The molecule has 3 rings (SSSR count). The summed E-state index contributed by atoms with van der Waals surface area (Å²) < 4.78 is 24.6. The molecule has 0 aliphatic carbocycles. The van der Waals surface area contributed by atoms with E-state index in [4.69, 9.17) is 26.8 Å². The lowest BCUT2D eigenvalue weighted by molar-refractivity contribution is 0.284. The zero-order valence-corrected chi connectivity index (χ0v) is 18.4. The number of ether oxygens (including phenoxy) is 2. The molecule has 2 N–H and O–H groups in total. The number of para-hydroxylation sites is 1. The number of halogens is 2. The van der Waals surface area contributed by atoms with Crippen LogP contribution in [-0.4, -0.2) is 18.5 Å². The van der Waals surface area contributed by atoms with Gasteiger partial charge in [-0.2, -0.15) is 5.10 Å². The van der Waals surface area contributed by atoms with Crippen molar-refractivity contribution in [3.8, 4) is 11.5 Å². The van der Waals surface area contributed by atoms with E-state index in [0.717, 1.165) is 5.56 Å². The predicted octanol–water partition coefficient (Wildman–Crippen LogP) is 5.65. The molecule has 0 heterocycles. The molecule has 160 valence electrons. The molecule has 8 heteroatoms. The van der Waals surface area contributed by atoms with E-state index < -0.39 is 5.82 Å². The summed E-state index contributed by atoms with van der Waals surface area (Å²) in [5, 5.41) is 8.76. The van der Waals surface area contributed by atoms with Gasteiger partial charge < -0.3 is 15.2 Å². The summed E-state index contributed by atoms with van der Waals surface area (Å²) in [7, 11) is 1.55. The molecule has 5 nitrogen and oxygen atoms in total. The van der Waals surface area contributed by atoms with E-state index in [1.165, 1.54) is 23.9 Å². The number of rotatable bonds is 8. The van der Waals surface area contributed by atoms with Crippen LogP contribution >= 0.6 is 23.4 Å². The Kier molecular flexibility index (Phi) is 8.32. The van der Waals surface area contributed by atoms with Crippen LogP contribution in [-0.2, 0) is 12.4 Å². The highest BCUT2D eigenvalue weighted by Gasteiger charge is 2.11. The van der Waals surface area contributed by atoms with Crippen molar-refractivity contribution >= 4 is 34.7 Å². The molecule has 0 aliphatic rings. The monoisotopic (exact) mass is 457 g/mol. The molecular formula is C23H21ClFN3O2S. The number of amidine groups is 1. The molecule has 0 bridgehead atoms. The highest BCUT2D eigenvalue weighted by Crippen LogP contribution is 2.31. The van der Waals surface area contributed by atoms with E-state index in [9.17, 15) is 4.39 Å². The molecule has 0 spiro atoms. The van der Waals surface area contributed by atoms with Crippen molar-refractivity contribution in [2.24, 2.45) is 15.9 Å². The second-order valence-corrected chi connectivity index (χ2v) is 7.76. The van der Waals surface area contributed by atoms with Crippen LogP contribution in [0.3, 0.4) is 0 Å². The Morgan fingerprint density at radius 1 is 1.13 bits per heavy atom. The highest BCUT2D eigenvalue weighted by atomic mass is 35.5. The van der Waals surface area contributed by atoms with Crippen molar-refractivity contribution < 1.29 is 13.9 Å². The van der Waals surface area contributed by atoms with Crippen molar-refractivity contribution in [3.05, 3.63) is 94.3 Å². The number of benzene rings is 3. The average molecular weight is 458 g/mol. The first-order valence-electron chi connectivity index (χ1n) is 9.33. The minimum Gasteiger partial charge on any atom is -0.493 e. The summed E-state index contributed by atoms with van der Waals surface area (Å²) in [6.07, 6.45) is 1.54. The van der Waals surface area contributed by atoms with Crippen molar-refractivity contribution in [1.29, 1.82) is 0 Å². The number of nitrogens with two attached hydrogens (primary N) is 1. The molecule has 0 saturated heterocycles. The van der Waals surface area contributed by atoms with Gasteiger partial charge in [0.1, 0.15) is 12.4 Å². The first-order valence-corrected chi connectivity index (χ1v) is 10.7. The standard InChI is InChI=1S/C23H21ClFN3O2S/c1-29-21-9-5-8-17(22(21)30-14-18-10-11-19(25)12-20(18)24)13-27-28-23(26)31-15-16-6-3-2-4-7-16/h2-13H,14-15H2,1H3,(H2,26,28). The maximum atomic E-state index is 13.3. The zero-order chi connectivity index (χ0) is 22.1. The summed E-state index contributed by atoms with van der Waals surface area (Å²) in [5.74, 6) is 1.30. The first kappa shape index (κ1) is 22.7. The third kappa shape index (κ3) is 6.73. The molecular weight excluding hydrogens is 437 g/mol. The average Bonchev–Trinajstić information content (AvgIpc) is 2.78. The van der Waals surface area contributed by atoms with Crippen LogP contribution in [0.5, 0.6) is 11.5 Å². The molecule has 0 saturated carbocycles. The van der Waals surface area contributed by atoms with E-state index >= 15 is 0 Å². The maximum absolute atomic E-state index is 13.3. The van der Waals surface area contributed by atoms with Crippen LogP contribution in [0.4, 0.5) is 4.39 Å². The lowest BCUT2D eigenvalue weighted by Gasteiger charge is -2.13. The lowest BCUT2D eigenvalue weighted by Crippen LogP contribution is -2.06. The molecule has 0 aromatic heterocycles. The van der Waals surface area contributed by atoms with E-state index in [2.05, 4.69) is 10.2 Å². The van der Waals surface area contributed by atoms with Gasteiger partial charge in [-0.15, -0.1) is 5.10 Å². The van der Waals surface area contributed by atoms with E-state index in [-0.39, 0.29) is 11.6 Å². The van der Waals surface area contributed by atoms with Gasteiger partial charge in [0.05, 0.1) is 18.3 Å². The molecule has 0 amide bonds. The number of methoxy groups -OCH3 is 1. The van der Waals surface area contributed by atoms with E-state index in [1.54, 1.807) is 25.5 Å². The first-order chi connectivity index (χ1) is 15.1. The summed E-state index contributed by atoms with van der Waals surface area (Å²) in [4.78, 5) is 0. The van der Waals surface area contributed by atoms with Gasteiger partial charge in [0, 0.05) is 16.9 Å². The van der Waals surface area contributed by atoms with Crippen LogP contribution in [0.1, 0.15) is 16.7 Å². The van der Waals surface area contributed by atoms with Crippen molar-refractivity contribution in [1.82, 2.24) is 0 Å². The number of nitrogens with zero attached hydrogens (tertiary/aromatic N) is 2. The maximum Gasteiger partial charge on any atom is 0.180 e. The molecule has 31 heavy (non-hydrogen) atoms. The minimum absolute atomic E-state index is 0.138. The molecule has 0 atom stereocenters. The Labute approximate surface area is 189 Å². The van der Waals surface area contributed by atoms with Gasteiger partial charge in [0.25, 0.3) is 0 Å². The molecule has 0 aliphatic heterocycles. The summed E-state index contributed by atoms with van der Waals surface area (Å²) in [6.45, 7) is 0.138. The fourth-order valence-corrected chi connectivity index (χ4v) is 3.48. The van der Waals surface area contributed by atoms with Gasteiger partial charge in [-0.1, -0.05) is 65.8 Å². The minimum atomic E-state index is -0.403. The van der Waals surface area contributed by atoms with Crippen LogP contribution in [0, 0.1) is 5.82 Å². The van der Waals surface area contributed by atoms with Gasteiger partial charge in [0.15, 0.2) is 16.7 Å². The Hall–Kier alpha value is -3.03. The SMILES string of the molecule is COc1cccc(C=NN=C(N)SCc2ccccc2)c1OCc1ccc(F)cc1Cl. The van der Waals surface area contributed by atoms with Gasteiger partial charge in [-0.05, 0) is 29.8 Å². The Bertz CT molecular complexity index is 1080. The Morgan fingerprint density at radius 3 is 2.68 bits per heavy atom. The molecule has 0 unspecified atom stereocenters. The Balaban J connectivity index is 1.70. The fourth-order valence-electron chi connectivity index (χ4n) is 2.65. The molecule has 3 aromatic rings. The zero-order valence-electron chi connectivity index (χ0n) is 16.8. The smallest absolute Gasteiger partial charge is 0.180 e. The molecule has 3 aromatic carbocycles. The van der Waals surface area contributed by atoms with Gasteiger partial charge in [0.2, 0.25) is 0 Å². The van der Waals surface area contributed by atoms with Gasteiger partial charge >= 0.3 is 0 Å². The van der Waals surface area contributed by atoms with Crippen LogP contribution in [0.2, 0.25) is 5.02 Å². The molecule has 0 radical (unpaired) electrons. The fraction of sp³-hybridized carbons (Fsp3) is 0.130. The quantitative estimate of drug-likeness (QED) is 0.269. The number of thioether (sulfide) groups is 1. The lowest BCUT2D eigenvalue weighted by atomic mass is 10.2. The topological polar surface area (TPSA) is 69.2 Å². The second-order valence-electron chi connectivity index (χ2n) is 6.36. The van der Waals surface area contributed by atoms with E-state index in [1.807, 2.05) is 42.5 Å². The Morgan fingerprint density at radius 2 is 1.94 bits per heavy atom. The third-order valence-electron chi connectivity index (χ3n) is 4.20. The van der Waals surface area contributed by atoms with Crippen molar-refractivity contribution in [2.75, 3.05) is 7.11 Å². The van der Waals surface area contributed by atoms with Gasteiger partial charge in [-0.25, -0.2) is 4.39 Å². The predicted molar refractivity (Wildman–Crippen MR) is 126 cm³/mol. The van der Waals surface area contributed by atoms with Crippen molar-refractivity contribution in [2.45, 2.75) is 12.4 Å².